The van der Waals surface area contributed by atoms with Crippen LogP contribution in [-0.2, 0) is 0 Å². The van der Waals surface area contributed by atoms with E-state index in [4.69, 9.17) is 0 Å². The summed E-state index contributed by atoms with van der Waals surface area (Å²) >= 11 is 0. The normalized spacial score (nSPS) is 37.8. The van der Waals surface area contributed by atoms with E-state index in [-0.39, 0.29) is 5.83 Å². The van der Waals surface area contributed by atoms with Crippen molar-refractivity contribution in [3.05, 3.63) is 11.4 Å². The van der Waals surface area contributed by atoms with Crippen molar-refractivity contribution in [3.8, 4) is 0 Å². The monoisotopic (exact) mass is 140 g/mol. The van der Waals surface area contributed by atoms with Gasteiger partial charge in [0.1, 0.15) is 5.83 Å². The van der Waals surface area contributed by atoms with Crippen LogP contribution >= 0.6 is 0 Å². The second-order valence-electron chi connectivity index (χ2n) is 3.43. The van der Waals surface area contributed by atoms with Crippen LogP contribution in [-0.4, -0.2) is 0 Å². The van der Waals surface area contributed by atoms with Crippen molar-refractivity contribution in [1.29, 1.82) is 0 Å². The molecule has 0 aromatic rings. The molecule has 2 unspecified atom stereocenters. The maximum absolute atomic E-state index is 13.2. The molecule has 1 fully saturated rings. The van der Waals surface area contributed by atoms with Crippen LogP contribution in [0.2, 0.25) is 0 Å². The number of rotatable bonds is 1. The van der Waals surface area contributed by atoms with E-state index in [0.717, 1.165) is 24.8 Å². The molecule has 1 saturated carbocycles. The Morgan fingerprint density at radius 2 is 2.10 bits per heavy atom. The van der Waals surface area contributed by atoms with Gasteiger partial charge in [-0.25, -0.2) is 4.39 Å². The SMILES string of the molecule is CCC1=C(F)C2CCC1C2. The van der Waals surface area contributed by atoms with Crippen molar-refractivity contribution in [2.24, 2.45) is 11.8 Å². The summed E-state index contributed by atoms with van der Waals surface area (Å²) in [6.07, 6.45) is 4.42. The number of fused-ring (bicyclic) bond motifs is 2. The molecule has 0 saturated heterocycles. The summed E-state index contributed by atoms with van der Waals surface area (Å²) in [4.78, 5) is 0. The molecule has 0 spiro atoms. The molecule has 0 radical (unpaired) electrons. The molecule has 2 rings (SSSR count). The molecule has 0 nitrogen and oxygen atoms in total. The molecule has 1 heteroatoms. The van der Waals surface area contributed by atoms with E-state index < -0.39 is 0 Å². The Labute approximate surface area is 61.1 Å². The lowest BCUT2D eigenvalue weighted by molar-refractivity contribution is 0.476. The van der Waals surface area contributed by atoms with Gasteiger partial charge < -0.3 is 0 Å². The van der Waals surface area contributed by atoms with E-state index in [1.807, 2.05) is 0 Å². The highest BCUT2D eigenvalue weighted by molar-refractivity contribution is 5.24. The third kappa shape index (κ3) is 0.664. The van der Waals surface area contributed by atoms with Gasteiger partial charge in [0.25, 0.3) is 0 Å². The first kappa shape index (κ1) is 6.38. The molecule has 0 aromatic heterocycles. The lowest BCUT2D eigenvalue weighted by atomic mass is 9.96. The van der Waals surface area contributed by atoms with Gasteiger partial charge in [-0.3, -0.25) is 0 Å². The number of allylic oxidation sites excluding steroid dienone is 2. The van der Waals surface area contributed by atoms with Crippen molar-refractivity contribution in [2.75, 3.05) is 0 Å². The molecule has 0 N–H and O–H groups in total. The zero-order chi connectivity index (χ0) is 7.14. The predicted molar refractivity (Wildman–Crippen MR) is 39.3 cm³/mol. The highest BCUT2D eigenvalue weighted by Crippen LogP contribution is 2.49. The van der Waals surface area contributed by atoms with E-state index in [1.54, 1.807) is 0 Å². The van der Waals surface area contributed by atoms with E-state index in [1.165, 1.54) is 6.42 Å². The zero-order valence-electron chi connectivity index (χ0n) is 6.36. The summed E-state index contributed by atoms with van der Waals surface area (Å²) in [5.41, 5.74) is 1.14. The van der Waals surface area contributed by atoms with E-state index >= 15 is 0 Å². The summed E-state index contributed by atoms with van der Waals surface area (Å²) in [5.74, 6) is 1.22. The summed E-state index contributed by atoms with van der Waals surface area (Å²) in [6.45, 7) is 2.07. The van der Waals surface area contributed by atoms with Crippen LogP contribution in [0.4, 0.5) is 4.39 Å². The predicted octanol–water partition coefficient (Wildman–Crippen LogP) is 3.05. The van der Waals surface area contributed by atoms with Crippen LogP contribution in [0.15, 0.2) is 11.4 Å². The van der Waals surface area contributed by atoms with Gasteiger partial charge in [-0.05, 0) is 37.2 Å². The average molecular weight is 140 g/mol. The molecule has 56 valence electrons. The second kappa shape index (κ2) is 2.08. The highest BCUT2D eigenvalue weighted by Gasteiger charge is 2.38. The van der Waals surface area contributed by atoms with Crippen LogP contribution in [0.5, 0.6) is 0 Å². The Morgan fingerprint density at radius 3 is 2.50 bits per heavy atom. The van der Waals surface area contributed by atoms with Crippen LogP contribution in [0, 0.1) is 11.8 Å². The molecule has 10 heavy (non-hydrogen) atoms. The van der Waals surface area contributed by atoms with E-state index in [9.17, 15) is 4.39 Å². The van der Waals surface area contributed by atoms with Crippen molar-refractivity contribution in [3.63, 3.8) is 0 Å². The lowest BCUT2D eigenvalue weighted by Gasteiger charge is -2.11. The van der Waals surface area contributed by atoms with Crippen LogP contribution in [0.3, 0.4) is 0 Å². The number of halogens is 1. The average Bonchev–Trinajstić information content (AvgIpc) is 2.46. The molecule has 2 aliphatic carbocycles. The quantitative estimate of drug-likeness (QED) is 0.525. The fourth-order valence-electron chi connectivity index (χ4n) is 2.44. The van der Waals surface area contributed by atoms with Crippen molar-refractivity contribution < 1.29 is 4.39 Å². The minimum Gasteiger partial charge on any atom is -0.212 e. The van der Waals surface area contributed by atoms with Gasteiger partial charge in [0.05, 0.1) is 0 Å². The highest BCUT2D eigenvalue weighted by atomic mass is 19.1. The lowest BCUT2D eigenvalue weighted by Crippen LogP contribution is -1.98. The van der Waals surface area contributed by atoms with E-state index in [0.29, 0.717) is 11.8 Å². The Bertz CT molecular complexity index is 181. The van der Waals surface area contributed by atoms with Gasteiger partial charge in [0.2, 0.25) is 0 Å². The van der Waals surface area contributed by atoms with Crippen LogP contribution in [0.25, 0.3) is 0 Å². The number of hydrogen-bond acceptors (Lipinski definition) is 0. The fourth-order valence-corrected chi connectivity index (χ4v) is 2.44. The first-order chi connectivity index (χ1) is 4.83. The molecule has 0 amide bonds. The van der Waals surface area contributed by atoms with Gasteiger partial charge >= 0.3 is 0 Å². The molecule has 0 heterocycles. The molecule has 0 aromatic carbocycles. The largest absolute Gasteiger partial charge is 0.212 e. The van der Waals surface area contributed by atoms with Crippen LogP contribution < -0.4 is 0 Å². The minimum absolute atomic E-state index is 0.249. The van der Waals surface area contributed by atoms with Crippen molar-refractivity contribution in [2.45, 2.75) is 32.6 Å². The number of hydrogen-bond donors (Lipinski definition) is 0. The second-order valence-corrected chi connectivity index (χ2v) is 3.43. The third-order valence-electron chi connectivity index (χ3n) is 2.97. The van der Waals surface area contributed by atoms with E-state index in [2.05, 4.69) is 6.92 Å². The maximum Gasteiger partial charge on any atom is 0.102 e. The van der Waals surface area contributed by atoms with Gasteiger partial charge in [0, 0.05) is 5.92 Å². The summed E-state index contributed by atoms with van der Waals surface area (Å²) in [5, 5.41) is 0. The topological polar surface area (TPSA) is 0 Å². The van der Waals surface area contributed by atoms with Gasteiger partial charge in [-0.2, -0.15) is 0 Å². The Kier molecular flexibility index (Phi) is 1.33. The Balaban J connectivity index is 2.29. The van der Waals surface area contributed by atoms with Crippen molar-refractivity contribution >= 4 is 0 Å². The standard InChI is InChI=1S/C9H13F/c1-2-8-6-3-4-7(5-6)9(8)10/h6-7H,2-5H2,1H3. The molecule has 0 aliphatic heterocycles. The van der Waals surface area contributed by atoms with Gasteiger partial charge in [0.15, 0.2) is 0 Å². The molecular weight excluding hydrogens is 127 g/mol. The van der Waals surface area contributed by atoms with Gasteiger partial charge in [-0.1, -0.05) is 6.92 Å². The first-order valence-corrected chi connectivity index (χ1v) is 4.21. The first-order valence-electron chi connectivity index (χ1n) is 4.21. The summed E-state index contributed by atoms with van der Waals surface area (Å²) in [7, 11) is 0. The fraction of sp³-hybridized carbons (Fsp3) is 0.778. The van der Waals surface area contributed by atoms with Crippen LogP contribution in [0.1, 0.15) is 32.6 Å². The Morgan fingerprint density at radius 1 is 1.40 bits per heavy atom. The summed E-state index contributed by atoms with van der Waals surface area (Å²) in [6, 6.07) is 0. The molecule has 2 aliphatic rings. The van der Waals surface area contributed by atoms with Gasteiger partial charge in [-0.15, -0.1) is 0 Å². The minimum atomic E-state index is 0.249. The molecule has 2 atom stereocenters. The molecule has 2 bridgehead atoms. The molecular formula is C9H13F. The smallest absolute Gasteiger partial charge is 0.102 e. The maximum atomic E-state index is 13.2. The third-order valence-corrected chi connectivity index (χ3v) is 2.97. The summed E-state index contributed by atoms with van der Waals surface area (Å²) < 4.78 is 13.2. The van der Waals surface area contributed by atoms with Crippen molar-refractivity contribution in [1.82, 2.24) is 0 Å². The Hall–Kier alpha value is -0.330. The zero-order valence-corrected chi connectivity index (χ0v) is 6.36.